The van der Waals surface area contributed by atoms with Gasteiger partial charge in [-0.1, -0.05) is 72.4 Å². The molecule has 0 saturated heterocycles. The molecule has 1 heterocycles. The van der Waals surface area contributed by atoms with Crippen LogP contribution in [0.15, 0.2) is 70.4 Å². The molecule has 3 nitrogen and oxygen atoms in total. The summed E-state index contributed by atoms with van der Waals surface area (Å²) in [5.74, 6) is 0.0281. The van der Waals surface area contributed by atoms with Crippen LogP contribution in [0.3, 0.4) is 0 Å². The molecule has 1 N–H and O–H groups in total. The van der Waals surface area contributed by atoms with Gasteiger partial charge in [0.25, 0.3) is 0 Å². The minimum absolute atomic E-state index is 0.0281. The van der Waals surface area contributed by atoms with E-state index >= 15 is 0 Å². The highest BCUT2D eigenvalue weighted by Gasteiger charge is 2.16. The van der Waals surface area contributed by atoms with Crippen LogP contribution in [0.1, 0.15) is 12.5 Å². The Morgan fingerprint density at radius 3 is 2.50 bits per heavy atom. The van der Waals surface area contributed by atoms with Crippen molar-refractivity contribution in [2.24, 2.45) is 0 Å². The molecule has 0 radical (unpaired) electrons. The molecule has 0 fully saturated rings. The molecule has 0 aliphatic rings. The van der Waals surface area contributed by atoms with Crippen LogP contribution >= 0.6 is 23.1 Å². The molecule has 0 aliphatic carbocycles. The van der Waals surface area contributed by atoms with Crippen molar-refractivity contribution in [3.05, 3.63) is 71.6 Å². The number of carbonyl (C=O) groups excluding carboxylic acids is 1. The number of carbonyl (C=O) groups is 1. The molecule has 1 amide bonds. The molecule has 2 aromatic carbocycles. The fraction of sp³-hybridized carbons (Fsp3) is 0.158. The maximum Gasteiger partial charge on any atom is 0.233 e. The lowest BCUT2D eigenvalue weighted by Crippen LogP contribution is -2.30. The van der Waals surface area contributed by atoms with Gasteiger partial charge in [0.15, 0.2) is 4.34 Å². The summed E-state index contributed by atoms with van der Waals surface area (Å²) in [5.41, 5.74) is 3.16. The lowest BCUT2D eigenvalue weighted by Gasteiger charge is -2.10. The first-order chi connectivity index (χ1) is 11.7. The van der Waals surface area contributed by atoms with Crippen molar-refractivity contribution < 1.29 is 4.79 Å². The maximum atomic E-state index is 12.2. The topological polar surface area (TPSA) is 42.0 Å². The second-order valence-electron chi connectivity index (χ2n) is 5.33. The number of hydrogen-bond acceptors (Lipinski definition) is 4. The fourth-order valence-corrected chi connectivity index (χ4v) is 4.18. The highest BCUT2D eigenvalue weighted by atomic mass is 32.2. The number of thioether (sulfide) groups is 1. The standard InChI is InChI=1S/C19H18N2OS2/c1-14(18(22)20-12-15-8-4-2-5-9-15)24-19-21-17(13-23-19)16-10-6-3-7-11-16/h2-11,13-14H,12H2,1H3,(H,20,22)/t14-/m0/s1. The average molecular weight is 355 g/mol. The Balaban J connectivity index is 1.55. The molecular formula is C19H18N2OS2. The summed E-state index contributed by atoms with van der Waals surface area (Å²) in [4.78, 5) is 16.9. The van der Waals surface area contributed by atoms with E-state index in [1.165, 1.54) is 11.8 Å². The van der Waals surface area contributed by atoms with Crippen molar-refractivity contribution in [2.75, 3.05) is 0 Å². The highest BCUT2D eigenvalue weighted by molar-refractivity contribution is 8.02. The van der Waals surface area contributed by atoms with Crippen LogP contribution in [0.25, 0.3) is 11.3 Å². The number of nitrogens with one attached hydrogen (secondary N) is 1. The third kappa shape index (κ3) is 4.46. The second kappa shape index (κ2) is 8.13. The number of aromatic nitrogens is 1. The Morgan fingerprint density at radius 1 is 1.12 bits per heavy atom. The fourth-order valence-electron chi connectivity index (χ4n) is 2.19. The minimum Gasteiger partial charge on any atom is -0.351 e. The van der Waals surface area contributed by atoms with Crippen molar-refractivity contribution >= 4 is 29.0 Å². The van der Waals surface area contributed by atoms with Crippen molar-refractivity contribution in [1.82, 2.24) is 10.3 Å². The van der Waals surface area contributed by atoms with E-state index in [0.717, 1.165) is 21.2 Å². The van der Waals surface area contributed by atoms with Gasteiger partial charge in [0.05, 0.1) is 10.9 Å². The van der Waals surface area contributed by atoms with E-state index in [-0.39, 0.29) is 11.2 Å². The molecule has 0 spiro atoms. The largest absolute Gasteiger partial charge is 0.351 e. The van der Waals surface area contributed by atoms with Crippen LogP contribution in [0.4, 0.5) is 0 Å². The van der Waals surface area contributed by atoms with Gasteiger partial charge >= 0.3 is 0 Å². The van der Waals surface area contributed by atoms with Crippen LogP contribution in [-0.2, 0) is 11.3 Å². The summed E-state index contributed by atoms with van der Waals surface area (Å²) in [6, 6.07) is 20.0. The Kier molecular flexibility index (Phi) is 5.67. The van der Waals surface area contributed by atoms with Gasteiger partial charge in [-0.25, -0.2) is 4.98 Å². The number of thiazole rings is 1. The molecule has 3 aromatic rings. The van der Waals surface area contributed by atoms with Crippen LogP contribution in [0.2, 0.25) is 0 Å². The molecule has 1 aromatic heterocycles. The number of hydrogen-bond donors (Lipinski definition) is 1. The second-order valence-corrected chi connectivity index (χ2v) is 7.77. The molecule has 5 heteroatoms. The maximum absolute atomic E-state index is 12.2. The number of nitrogens with zero attached hydrogens (tertiary/aromatic N) is 1. The van der Waals surface area contributed by atoms with E-state index in [1.807, 2.05) is 73.0 Å². The van der Waals surface area contributed by atoms with Gasteiger partial charge in [0.2, 0.25) is 5.91 Å². The highest BCUT2D eigenvalue weighted by Crippen LogP contribution is 2.30. The van der Waals surface area contributed by atoms with Crippen LogP contribution in [0, 0.1) is 0 Å². The van der Waals surface area contributed by atoms with Crippen molar-refractivity contribution in [2.45, 2.75) is 23.1 Å². The third-order valence-corrected chi connectivity index (χ3v) is 5.58. The summed E-state index contributed by atoms with van der Waals surface area (Å²) in [7, 11) is 0. The van der Waals surface area contributed by atoms with E-state index in [1.54, 1.807) is 11.3 Å². The van der Waals surface area contributed by atoms with Gasteiger partial charge in [0.1, 0.15) is 0 Å². The normalized spacial score (nSPS) is 11.9. The number of benzene rings is 2. The molecule has 0 unspecified atom stereocenters. The predicted molar refractivity (Wildman–Crippen MR) is 101 cm³/mol. The van der Waals surface area contributed by atoms with Crippen LogP contribution in [-0.4, -0.2) is 16.1 Å². The van der Waals surface area contributed by atoms with Crippen molar-refractivity contribution in [1.29, 1.82) is 0 Å². The lowest BCUT2D eigenvalue weighted by atomic mass is 10.2. The average Bonchev–Trinajstić information content (AvgIpc) is 3.10. The Labute approximate surface area is 150 Å². The van der Waals surface area contributed by atoms with Crippen molar-refractivity contribution in [3.8, 4) is 11.3 Å². The Hall–Kier alpha value is -2.11. The summed E-state index contributed by atoms with van der Waals surface area (Å²) in [6.07, 6.45) is 0. The SMILES string of the molecule is C[C@H](Sc1nc(-c2ccccc2)cs1)C(=O)NCc1ccccc1. The van der Waals surface area contributed by atoms with E-state index in [0.29, 0.717) is 6.54 Å². The zero-order valence-corrected chi connectivity index (χ0v) is 14.9. The van der Waals surface area contributed by atoms with Gasteiger partial charge in [-0.3, -0.25) is 4.79 Å². The monoisotopic (exact) mass is 354 g/mol. The number of amides is 1. The first-order valence-electron chi connectivity index (χ1n) is 7.71. The van der Waals surface area contributed by atoms with Gasteiger partial charge in [-0.2, -0.15) is 0 Å². The number of rotatable bonds is 6. The molecule has 1 atom stereocenters. The molecule has 0 bridgehead atoms. The smallest absolute Gasteiger partial charge is 0.233 e. The Morgan fingerprint density at radius 2 is 1.79 bits per heavy atom. The quantitative estimate of drug-likeness (QED) is 0.658. The van der Waals surface area contributed by atoms with Crippen LogP contribution in [0.5, 0.6) is 0 Å². The van der Waals surface area contributed by atoms with Gasteiger partial charge in [-0.15, -0.1) is 11.3 Å². The molecule has 0 saturated carbocycles. The summed E-state index contributed by atoms with van der Waals surface area (Å²) < 4.78 is 0.913. The van der Waals surface area contributed by atoms with Crippen LogP contribution < -0.4 is 5.32 Å². The first kappa shape index (κ1) is 16.7. The van der Waals surface area contributed by atoms with E-state index < -0.39 is 0 Å². The first-order valence-corrected chi connectivity index (χ1v) is 9.47. The van der Waals surface area contributed by atoms with Gasteiger partial charge < -0.3 is 5.32 Å². The van der Waals surface area contributed by atoms with Gasteiger partial charge in [0, 0.05) is 17.5 Å². The third-order valence-electron chi connectivity index (χ3n) is 3.51. The minimum atomic E-state index is -0.177. The Bertz CT molecular complexity index is 787. The zero-order chi connectivity index (χ0) is 16.8. The summed E-state index contributed by atoms with van der Waals surface area (Å²) in [5, 5.41) is 4.83. The lowest BCUT2D eigenvalue weighted by molar-refractivity contribution is -0.120. The molecule has 0 aliphatic heterocycles. The molecule has 3 rings (SSSR count). The molecular weight excluding hydrogens is 336 g/mol. The summed E-state index contributed by atoms with van der Waals surface area (Å²) in [6.45, 7) is 2.46. The van der Waals surface area contributed by atoms with E-state index in [4.69, 9.17) is 0 Å². The summed E-state index contributed by atoms with van der Waals surface area (Å²) >= 11 is 3.07. The predicted octanol–water partition coefficient (Wildman–Crippen LogP) is 4.61. The molecule has 24 heavy (non-hydrogen) atoms. The van der Waals surface area contributed by atoms with E-state index in [9.17, 15) is 4.79 Å². The molecule has 122 valence electrons. The van der Waals surface area contributed by atoms with Gasteiger partial charge in [-0.05, 0) is 12.5 Å². The zero-order valence-electron chi connectivity index (χ0n) is 13.3. The van der Waals surface area contributed by atoms with Crippen molar-refractivity contribution in [3.63, 3.8) is 0 Å². The van der Waals surface area contributed by atoms with E-state index in [2.05, 4.69) is 10.3 Å².